The second kappa shape index (κ2) is 8.86. The maximum atomic E-state index is 12.6. The van der Waals surface area contributed by atoms with Crippen molar-refractivity contribution < 1.29 is 9.15 Å². The topological polar surface area (TPSA) is 63.2 Å². The molecule has 0 amide bonds. The second-order valence-corrected chi connectivity index (χ2v) is 10.2. The van der Waals surface area contributed by atoms with Gasteiger partial charge in [-0.2, -0.15) is 0 Å². The van der Waals surface area contributed by atoms with E-state index in [0.717, 1.165) is 51.3 Å². The Bertz CT molecular complexity index is 1310. The van der Waals surface area contributed by atoms with Crippen LogP contribution in [0, 0.1) is 17.9 Å². The van der Waals surface area contributed by atoms with Crippen molar-refractivity contribution in [3.05, 3.63) is 93.5 Å². The van der Waals surface area contributed by atoms with Crippen molar-refractivity contribution in [1.29, 1.82) is 0 Å². The zero-order valence-corrected chi connectivity index (χ0v) is 19.7. The fraction of sp³-hybridized carbons (Fsp3) is 0.393. The van der Waals surface area contributed by atoms with Crippen molar-refractivity contribution in [2.45, 2.75) is 32.4 Å². The minimum atomic E-state index is -0.110. The van der Waals surface area contributed by atoms with Gasteiger partial charge in [-0.3, -0.25) is 14.7 Å². The minimum Gasteiger partial charge on any atom is -0.486 e. The molecule has 3 aromatic rings. The van der Waals surface area contributed by atoms with Crippen LogP contribution in [0.3, 0.4) is 0 Å². The third-order valence-electron chi connectivity index (χ3n) is 7.60. The van der Waals surface area contributed by atoms with E-state index in [0.29, 0.717) is 41.7 Å². The fourth-order valence-electron chi connectivity index (χ4n) is 5.84. The first kappa shape index (κ1) is 21.9. The fourth-order valence-corrected chi connectivity index (χ4v) is 5.84. The zero-order chi connectivity index (χ0) is 23.8. The number of nitrogens with zero attached hydrogens (tertiary/aromatic N) is 4. The van der Waals surface area contributed by atoms with Crippen molar-refractivity contribution >= 4 is 11.5 Å². The monoisotopic (exact) mass is 468 g/mol. The molecule has 3 aliphatic rings. The van der Waals surface area contributed by atoms with E-state index in [1.54, 1.807) is 12.3 Å². The van der Waals surface area contributed by atoms with Crippen LogP contribution in [0.2, 0.25) is 0 Å². The molecule has 7 heteroatoms. The summed E-state index contributed by atoms with van der Waals surface area (Å²) >= 11 is 0. The van der Waals surface area contributed by atoms with E-state index in [1.807, 2.05) is 12.1 Å². The number of hydrogen-bond acceptors (Lipinski definition) is 6. The maximum Gasteiger partial charge on any atom is 0.227 e. The number of pyridine rings is 1. The lowest BCUT2D eigenvalue weighted by Crippen LogP contribution is -2.63. The third kappa shape index (κ3) is 4.42. The lowest BCUT2D eigenvalue weighted by Gasteiger charge is -2.59. The van der Waals surface area contributed by atoms with Crippen molar-refractivity contribution in [3.8, 4) is 5.75 Å². The van der Waals surface area contributed by atoms with Gasteiger partial charge in [0.1, 0.15) is 17.8 Å². The quantitative estimate of drug-likeness (QED) is 0.499. The molecule has 7 nitrogen and oxygen atoms in total. The van der Waals surface area contributed by atoms with Gasteiger partial charge in [0, 0.05) is 43.9 Å². The predicted octanol–water partition coefficient (Wildman–Crippen LogP) is 4.44. The number of aromatic nitrogens is 1. The smallest absolute Gasteiger partial charge is 0.227 e. The van der Waals surface area contributed by atoms with Crippen LogP contribution >= 0.6 is 0 Å². The molecular weight excluding hydrogens is 440 g/mol. The van der Waals surface area contributed by atoms with Crippen molar-refractivity contribution in [3.63, 3.8) is 0 Å². The van der Waals surface area contributed by atoms with E-state index in [2.05, 4.69) is 43.9 Å². The highest BCUT2D eigenvalue weighted by molar-refractivity contribution is 5.51. The van der Waals surface area contributed by atoms with Gasteiger partial charge >= 0.3 is 0 Å². The van der Waals surface area contributed by atoms with E-state index in [1.165, 1.54) is 17.4 Å². The van der Waals surface area contributed by atoms with Gasteiger partial charge < -0.3 is 14.1 Å². The molecular formula is C28H28N4O3. The van der Waals surface area contributed by atoms with Crippen LogP contribution in [0.15, 0.2) is 64.1 Å². The van der Waals surface area contributed by atoms with Crippen LogP contribution in [-0.2, 0) is 19.5 Å². The molecule has 0 bridgehead atoms. The van der Waals surface area contributed by atoms with Crippen LogP contribution < -0.4 is 15.1 Å². The van der Waals surface area contributed by atoms with Crippen LogP contribution in [0.5, 0.6) is 5.75 Å². The standard InChI is InChI=1S/C28H28N4O3/c1-29-23-6-7-27(30-13-23)32-18-28(19-32)11-20(12-28)16-35-26-17-34-24(10-25(26)33)15-31-9-8-21-4-2-3-5-22(21)14-31/h2-7,10,13,17,20H,8-9,11-12,14-16,18-19H2. The molecule has 35 heavy (non-hydrogen) atoms. The molecule has 1 spiro atoms. The molecule has 0 radical (unpaired) electrons. The van der Waals surface area contributed by atoms with Gasteiger partial charge in [0.05, 0.1) is 19.7 Å². The minimum absolute atomic E-state index is 0.110. The lowest BCUT2D eigenvalue weighted by atomic mass is 9.58. The number of ether oxygens (including phenoxy) is 1. The van der Waals surface area contributed by atoms with E-state index in [-0.39, 0.29) is 5.43 Å². The highest BCUT2D eigenvalue weighted by Crippen LogP contribution is 2.52. The maximum absolute atomic E-state index is 12.6. The molecule has 4 heterocycles. The summed E-state index contributed by atoms with van der Waals surface area (Å²) in [5.41, 5.74) is 3.56. The molecule has 2 fully saturated rings. The van der Waals surface area contributed by atoms with E-state index < -0.39 is 0 Å². The SMILES string of the molecule is [C-]#[N+]c1ccc(N2CC3(CC(COc4coc(CN5CCc6ccccc6C5)cc4=O)C3)C2)nc1. The molecule has 0 N–H and O–H groups in total. The van der Waals surface area contributed by atoms with Gasteiger partial charge in [0.25, 0.3) is 0 Å². The number of anilines is 1. The number of benzene rings is 1. The normalized spacial score (nSPS) is 18.9. The predicted molar refractivity (Wildman–Crippen MR) is 133 cm³/mol. The Balaban J connectivity index is 0.968. The Morgan fingerprint density at radius 3 is 2.74 bits per heavy atom. The highest BCUT2D eigenvalue weighted by Gasteiger charge is 2.52. The van der Waals surface area contributed by atoms with Crippen molar-refractivity contribution in [2.75, 3.05) is 31.1 Å². The molecule has 0 unspecified atom stereocenters. The molecule has 1 aromatic carbocycles. The average Bonchev–Trinajstić information content (AvgIpc) is 2.83. The molecule has 178 valence electrons. The third-order valence-corrected chi connectivity index (χ3v) is 7.60. The lowest BCUT2D eigenvalue weighted by molar-refractivity contribution is -0.00172. The molecule has 1 saturated heterocycles. The number of rotatable bonds is 6. The van der Waals surface area contributed by atoms with Gasteiger partial charge in [-0.15, -0.1) is 0 Å². The molecule has 2 aliphatic heterocycles. The van der Waals surface area contributed by atoms with E-state index >= 15 is 0 Å². The first-order chi connectivity index (χ1) is 17.1. The van der Waals surface area contributed by atoms with Gasteiger partial charge in [-0.25, -0.2) is 4.85 Å². The Morgan fingerprint density at radius 1 is 1.17 bits per heavy atom. The van der Waals surface area contributed by atoms with Gasteiger partial charge in [-0.05, 0) is 42.4 Å². The number of fused-ring (bicyclic) bond motifs is 1. The van der Waals surface area contributed by atoms with E-state index in [9.17, 15) is 4.79 Å². The largest absolute Gasteiger partial charge is 0.486 e. The summed E-state index contributed by atoms with van der Waals surface area (Å²) in [6, 6.07) is 13.8. The molecule has 1 aliphatic carbocycles. The molecule has 2 aromatic heterocycles. The Hall–Kier alpha value is -3.63. The van der Waals surface area contributed by atoms with Crippen LogP contribution in [0.25, 0.3) is 4.85 Å². The van der Waals surface area contributed by atoms with Crippen LogP contribution in [0.1, 0.15) is 29.7 Å². The van der Waals surface area contributed by atoms with Gasteiger partial charge in [0.2, 0.25) is 16.9 Å². The Morgan fingerprint density at radius 2 is 2.00 bits per heavy atom. The summed E-state index contributed by atoms with van der Waals surface area (Å²) in [5.74, 6) is 2.38. The Labute approximate surface area is 204 Å². The van der Waals surface area contributed by atoms with Crippen molar-refractivity contribution in [1.82, 2.24) is 9.88 Å². The first-order valence-electron chi connectivity index (χ1n) is 12.2. The Kier molecular flexibility index (Phi) is 5.54. The summed E-state index contributed by atoms with van der Waals surface area (Å²) in [5, 5.41) is 0. The summed E-state index contributed by atoms with van der Waals surface area (Å²) < 4.78 is 11.6. The van der Waals surface area contributed by atoms with E-state index in [4.69, 9.17) is 15.7 Å². The highest BCUT2D eigenvalue weighted by atomic mass is 16.5. The summed E-state index contributed by atoms with van der Waals surface area (Å²) in [6.45, 7) is 12.0. The van der Waals surface area contributed by atoms with Gasteiger partial charge in [0.15, 0.2) is 0 Å². The zero-order valence-electron chi connectivity index (χ0n) is 19.7. The average molecular weight is 469 g/mol. The second-order valence-electron chi connectivity index (χ2n) is 10.2. The van der Waals surface area contributed by atoms with Crippen LogP contribution in [0.4, 0.5) is 11.5 Å². The summed E-state index contributed by atoms with van der Waals surface area (Å²) in [6.07, 6.45) is 6.33. The molecule has 1 saturated carbocycles. The summed E-state index contributed by atoms with van der Waals surface area (Å²) in [7, 11) is 0. The summed E-state index contributed by atoms with van der Waals surface area (Å²) in [4.78, 5) is 25.0. The van der Waals surface area contributed by atoms with Crippen LogP contribution in [-0.4, -0.2) is 36.1 Å². The number of hydrogen-bond donors (Lipinski definition) is 0. The molecule has 6 rings (SSSR count). The first-order valence-corrected chi connectivity index (χ1v) is 12.2. The molecule has 0 atom stereocenters. The van der Waals surface area contributed by atoms with Gasteiger partial charge in [-0.1, -0.05) is 30.3 Å². The van der Waals surface area contributed by atoms with Crippen molar-refractivity contribution in [2.24, 2.45) is 11.3 Å².